The van der Waals surface area contributed by atoms with E-state index in [9.17, 15) is 17.6 Å². The highest BCUT2D eigenvalue weighted by atomic mass is 19.4. The van der Waals surface area contributed by atoms with Crippen LogP contribution in [0, 0.1) is 23.7 Å². The predicted molar refractivity (Wildman–Crippen MR) is 148 cm³/mol. The third kappa shape index (κ3) is 8.48. The highest BCUT2D eigenvalue weighted by Crippen LogP contribution is 2.40. The Balaban J connectivity index is 1.26. The first-order valence-electron chi connectivity index (χ1n) is 14.5. The second kappa shape index (κ2) is 13.5. The van der Waals surface area contributed by atoms with Crippen molar-refractivity contribution in [2.75, 3.05) is 0 Å². The molecule has 2 aliphatic carbocycles. The lowest BCUT2D eigenvalue weighted by molar-refractivity contribution is -0.0820. The molecule has 0 amide bonds. The lowest BCUT2D eigenvalue weighted by Gasteiger charge is -2.29. The topological polar surface area (TPSA) is 0 Å². The van der Waals surface area contributed by atoms with Crippen molar-refractivity contribution in [3.8, 4) is 11.8 Å². The van der Waals surface area contributed by atoms with Crippen molar-refractivity contribution in [2.24, 2.45) is 11.8 Å². The maximum Gasteiger partial charge on any atom is 0.412 e. The van der Waals surface area contributed by atoms with E-state index in [0.29, 0.717) is 31.6 Å². The molecule has 0 bridgehead atoms. The smallest absolute Gasteiger partial charge is 0.212 e. The molecule has 2 fully saturated rings. The molecule has 4 rings (SSSR count). The molecule has 0 heterocycles. The molecular formula is C34H40F4. The molecule has 0 unspecified atom stereocenters. The maximum absolute atomic E-state index is 13.9. The van der Waals surface area contributed by atoms with Crippen LogP contribution in [0.5, 0.6) is 0 Å². The van der Waals surface area contributed by atoms with Gasteiger partial charge in [-0.25, -0.2) is 4.39 Å². The van der Waals surface area contributed by atoms with Crippen molar-refractivity contribution in [1.29, 1.82) is 0 Å². The SMILES string of the molecule is CCCCCC1CCC(c2ccc(C#Cc3ccc(C4CCC(C(F)=CC(F)(F)F)CC4)cc3)cc2)CC1. The standard InChI is InChI=1S/C34H40F4/c1-2-3-4-5-25-8-14-28(15-9-25)29-16-10-26(11-17-29)6-7-27-12-18-30(19-13-27)31-20-22-32(23-21-31)33(35)24-34(36,37)38/h10-13,16-19,24-25,28,31-32H,2-5,8-9,14-15,20-23H2,1H3. The van der Waals surface area contributed by atoms with E-state index in [1.165, 1.54) is 56.9 Å². The van der Waals surface area contributed by atoms with Crippen LogP contribution in [0.25, 0.3) is 0 Å². The number of halogens is 4. The molecule has 4 heteroatoms. The minimum Gasteiger partial charge on any atom is -0.212 e. The number of allylic oxidation sites excluding steroid dienone is 2. The highest BCUT2D eigenvalue weighted by molar-refractivity contribution is 5.44. The van der Waals surface area contributed by atoms with Gasteiger partial charge in [0.15, 0.2) is 0 Å². The molecule has 2 aliphatic rings. The lowest BCUT2D eigenvalue weighted by Crippen LogP contribution is -2.15. The van der Waals surface area contributed by atoms with E-state index in [4.69, 9.17) is 0 Å². The second-order valence-corrected chi connectivity index (χ2v) is 11.3. The first kappa shape index (κ1) is 28.5. The molecule has 0 saturated heterocycles. The lowest BCUT2D eigenvalue weighted by atomic mass is 9.77. The summed E-state index contributed by atoms with van der Waals surface area (Å²) in [4.78, 5) is 0. The van der Waals surface area contributed by atoms with Crippen LogP contribution < -0.4 is 0 Å². The van der Waals surface area contributed by atoms with E-state index in [1.54, 1.807) is 0 Å². The van der Waals surface area contributed by atoms with Crippen LogP contribution in [0.2, 0.25) is 0 Å². The highest BCUT2D eigenvalue weighted by Gasteiger charge is 2.30. The van der Waals surface area contributed by atoms with E-state index < -0.39 is 17.9 Å². The molecule has 0 aromatic heterocycles. The average Bonchev–Trinajstić information content (AvgIpc) is 2.92. The average molecular weight is 525 g/mol. The summed E-state index contributed by atoms with van der Waals surface area (Å²) in [7, 11) is 0. The Morgan fingerprint density at radius 3 is 1.66 bits per heavy atom. The van der Waals surface area contributed by atoms with E-state index >= 15 is 0 Å². The minimum atomic E-state index is -4.59. The third-order valence-electron chi connectivity index (χ3n) is 8.60. The van der Waals surface area contributed by atoms with Gasteiger partial charge < -0.3 is 0 Å². The molecule has 38 heavy (non-hydrogen) atoms. The minimum absolute atomic E-state index is 0.181. The normalized spacial score (nSPS) is 24.5. The predicted octanol–water partition coefficient (Wildman–Crippen LogP) is 10.6. The van der Waals surface area contributed by atoms with Gasteiger partial charge in [-0.3, -0.25) is 0 Å². The molecule has 0 nitrogen and oxygen atoms in total. The van der Waals surface area contributed by atoms with Gasteiger partial charge in [0.25, 0.3) is 0 Å². The molecule has 0 atom stereocenters. The van der Waals surface area contributed by atoms with E-state index in [2.05, 4.69) is 55.2 Å². The zero-order valence-electron chi connectivity index (χ0n) is 22.5. The van der Waals surface area contributed by atoms with Crippen LogP contribution >= 0.6 is 0 Å². The Kier molecular flexibility index (Phi) is 10.1. The van der Waals surface area contributed by atoms with Crippen molar-refractivity contribution in [3.05, 3.63) is 82.7 Å². The Morgan fingerprint density at radius 1 is 0.737 bits per heavy atom. The van der Waals surface area contributed by atoms with Crippen molar-refractivity contribution >= 4 is 0 Å². The summed E-state index contributed by atoms with van der Waals surface area (Å²) in [5.41, 5.74) is 4.54. The summed E-state index contributed by atoms with van der Waals surface area (Å²) in [6.07, 6.45) is 8.29. The molecule has 0 spiro atoms. The van der Waals surface area contributed by atoms with Gasteiger partial charge in [0.05, 0.1) is 6.08 Å². The summed E-state index contributed by atoms with van der Waals surface area (Å²) in [5.74, 6) is 6.74. The Bertz CT molecular complexity index is 1080. The van der Waals surface area contributed by atoms with Crippen LogP contribution in [-0.2, 0) is 0 Å². The summed E-state index contributed by atoms with van der Waals surface area (Å²) < 4.78 is 51.2. The summed E-state index contributed by atoms with van der Waals surface area (Å²) in [5, 5.41) is 0. The Hall–Kier alpha value is -2.54. The maximum atomic E-state index is 13.9. The number of unbranched alkanes of at least 4 members (excludes halogenated alkanes) is 2. The van der Waals surface area contributed by atoms with Gasteiger partial charge in [-0.05, 0) is 105 Å². The van der Waals surface area contributed by atoms with Crippen molar-refractivity contribution < 1.29 is 17.6 Å². The van der Waals surface area contributed by atoms with E-state index in [0.717, 1.165) is 22.6 Å². The van der Waals surface area contributed by atoms with Gasteiger partial charge in [0.1, 0.15) is 5.83 Å². The number of hydrogen-bond acceptors (Lipinski definition) is 0. The van der Waals surface area contributed by atoms with Gasteiger partial charge in [-0.15, -0.1) is 0 Å². The fourth-order valence-corrected chi connectivity index (χ4v) is 6.27. The summed E-state index contributed by atoms with van der Waals surface area (Å²) in [6.45, 7) is 2.27. The zero-order chi connectivity index (χ0) is 27.0. The summed E-state index contributed by atoms with van der Waals surface area (Å²) in [6, 6.07) is 16.9. The van der Waals surface area contributed by atoms with Crippen LogP contribution in [-0.4, -0.2) is 6.18 Å². The van der Waals surface area contributed by atoms with Gasteiger partial charge in [0.2, 0.25) is 0 Å². The fourth-order valence-electron chi connectivity index (χ4n) is 6.27. The van der Waals surface area contributed by atoms with Gasteiger partial charge >= 0.3 is 6.18 Å². The third-order valence-corrected chi connectivity index (χ3v) is 8.60. The largest absolute Gasteiger partial charge is 0.412 e. The molecule has 0 N–H and O–H groups in total. The molecule has 0 aliphatic heterocycles. The fraction of sp³-hybridized carbons (Fsp3) is 0.529. The molecular weight excluding hydrogens is 484 g/mol. The van der Waals surface area contributed by atoms with Gasteiger partial charge in [-0.2, -0.15) is 13.2 Å². The van der Waals surface area contributed by atoms with Crippen LogP contribution in [0.1, 0.15) is 118 Å². The first-order chi connectivity index (χ1) is 18.3. The molecule has 2 aromatic rings. The van der Waals surface area contributed by atoms with Crippen LogP contribution in [0.3, 0.4) is 0 Å². The van der Waals surface area contributed by atoms with Crippen LogP contribution in [0.4, 0.5) is 17.6 Å². The van der Waals surface area contributed by atoms with Gasteiger partial charge in [0, 0.05) is 17.0 Å². The van der Waals surface area contributed by atoms with Gasteiger partial charge in [-0.1, -0.05) is 68.7 Å². The molecule has 2 saturated carbocycles. The number of rotatable bonds is 7. The number of benzene rings is 2. The molecule has 2 aromatic carbocycles. The van der Waals surface area contributed by atoms with E-state index in [1.807, 2.05) is 12.1 Å². The number of hydrogen-bond donors (Lipinski definition) is 0. The van der Waals surface area contributed by atoms with Crippen molar-refractivity contribution in [2.45, 2.75) is 102 Å². The van der Waals surface area contributed by atoms with E-state index in [-0.39, 0.29) is 12.0 Å². The molecule has 0 radical (unpaired) electrons. The molecule has 204 valence electrons. The number of alkyl halides is 3. The summed E-state index contributed by atoms with van der Waals surface area (Å²) >= 11 is 0. The monoisotopic (exact) mass is 524 g/mol. The zero-order valence-corrected chi connectivity index (χ0v) is 22.5. The van der Waals surface area contributed by atoms with Crippen molar-refractivity contribution in [1.82, 2.24) is 0 Å². The van der Waals surface area contributed by atoms with Crippen LogP contribution in [0.15, 0.2) is 60.4 Å². The quantitative estimate of drug-likeness (QED) is 0.192. The Morgan fingerprint density at radius 2 is 1.21 bits per heavy atom. The first-order valence-corrected chi connectivity index (χ1v) is 14.5. The van der Waals surface area contributed by atoms with Crippen molar-refractivity contribution in [3.63, 3.8) is 0 Å². The second-order valence-electron chi connectivity index (χ2n) is 11.3. The Labute approximate surface area is 225 Å².